The van der Waals surface area contributed by atoms with E-state index in [1.165, 1.54) is 0 Å². The Bertz CT molecular complexity index is 514. The second-order valence-electron chi connectivity index (χ2n) is 4.89. The number of hydrogen-bond acceptors (Lipinski definition) is 5. The number of aldehydes is 1. The third-order valence-electron chi connectivity index (χ3n) is 3.10. The summed E-state index contributed by atoms with van der Waals surface area (Å²) in [5, 5.41) is 8.70. The molecule has 0 spiro atoms. The van der Waals surface area contributed by atoms with Gasteiger partial charge < -0.3 is 10.0 Å². The van der Waals surface area contributed by atoms with E-state index < -0.39 is 24.2 Å². The number of carboxylic acids is 1. The fraction of sp³-hybridized carbons (Fsp3) is 0.538. The molecule has 1 aliphatic rings. The second-order valence-corrected chi connectivity index (χ2v) is 4.89. The molecule has 0 aliphatic carbocycles. The normalized spacial score (nSPS) is 15.6. The Labute approximate surface area is 129 Å². The Morgan fingerprint density at radius 3 is 2.17 bits per heavy atom. The zero-order chi connectivity index (χ0) is 17.5. The smallest absolute Gasteiger partial charge is 0.446 e. The van der Waals surface area contributed by atoms with E-state index in [4.69, 9.17) is 9.90 Å². The fourth-order valence-electron chi connectivity index (χ4n) is 2.05. The minimum Gasteiger partial charge on any atom is -0.481 e. The van der Waals surface area contributed by atoms with E-state index in [0.717, 1.165) is 38.3 Å². The number of nitrogens with zero attached hydrogens (tertiary/aromatic N) is 3. The van der Waals surface area contributed by atoms with Gasteiger partial charge in [0.15, 0.2) is 5.82 Å². The fourth-order valence-corrected chi connectivity index (χ4v) is 2.05. The number of halogens is 4. The number of aliphatic carboxylic acids is 1. The van der Waals surface area contributed by atoms with Crippen LogP contribution in [0.4, 0.5) is 23.5 Å². The summed E-state index contributed by atoms with van der Waals surface area (Å²) in [6.45, 7) is 1.45. The average molecular weight is 337 g/mol. The molecule has 1 aliphatic heterocycles. The molecule has 0 aromatic carbocycles. The molecule has 0 atom stereocenters. The Hall–Kier alpha value is -2.26. The zero-order valence-corrected chi connectivity index (χ0v) is 12.0. The van der Waals surface area contributed by atoms with Gasteiger partial charge in [-0.3, -0.25) is 9.59 Å². The van der Waals surface area contributed by atoms with Gasteiger partial charge in [0.2, 0.25) is 12.2 Å². The lowest BCUT2D eigenvalue weighted by Gasteiger charge is -2.31. The van der Waals surface area contributed by atoms with Crippen LogP contribution >= 0.6 is 0 Å². The van der Waals surface area contributed by atoms with Crippen LogP contribution in [-0.4, -0.2) is 46.6 Å². The summed E-state index contributed by atoms with van der Waals surface area (Å²) in [4.78, 5) is 29.1. The monoisotopic (exact) mass is 337 g/mol. The number of rotatable bonds is 3. The summed E-state index contributed by atoms with van der Waals surface area (Å²) in [6.07, 6.45) is -1.57. The largest absolute Gasteiger partial charge is 0.481 e. The Balaban J connectivity index is 0.000000379. The van der Waals surface area contributed by atoms with Gasteiger partial charge in [-0.25, -0.2) is 14.4 Å². The summed E-state index contributed by atoms with van der Waals surface area (Å²) in [7, 11) is 0. The van der Waals surface area contributed by atoms with Gasteiger partial charge in [-0.15, -0.1) is 0 Å². The number of anilines is 1. The van der Waals surface area contributed by atoms with Crippen molar-refractivity contribution < 1.29 is 32.3 Å². The minimum atomic E-state index is -4.64. The van der Waals surface area contributed by atoms with Gasteiger partial charge in [0.25, 0.3) is 0 Å². The van der Waals surface area contributed by atoms with E-state index in [-0.39, 0.29) is 12.3 Å². The first-order chi connectivity index (χ1) is 10.7. The van der Waals surface area contributed by atoms with Crippen molar-refractivity contribution in [3.8, 4) is 0 Å². The van der Waals surface area contributed by atoms with Crippen LogP contribution in [0, 0.1) is 11.7 Å². The molecule has 0 amide bonds. The molecule has 2 rings (SSSR count). The maximum Gasteiger partial charge on any atom is 0.446 e. The predicted octanol–water partition coefficient (Wildman–Crippen LogP) is 2.05. The van der Waals surface area contributed by atoms with E-state index in [2.05, 4.69) is 9.97 Å². The Morgan fingerprint density at radius 1 is 1.30 bits per heavy atom. The highest BCUT2D eigenvalue weighted by molar-refractivity contribution is 5.67. The van der Waals surface area contributed by atoms with Crippen molar-refractivity contribution in [3.63, 3.8) is 0 Å². The third kappa shape index (κ3) is 7.52. The van der Waals surface area contributed by atoms with Crippen molar-refractivity contribution in [3.05, 3.63) is 18.2 Å². The molecular formula is C13H15F4N3O3. The van der Waals surface area contributed by atoms with Crippen LogP contribution in [0.1, 0.15) is 19.3 Å². The molecule has 6 nitrogen and oxygen atoms in total. The SMILES string of the molecule is O=C(O)CC1CCN(c2ncc(F)cn2)CC1.O=CC(F)(F)F. The quantitative estimate of drug-likeness (QED) is 0.671. The lowest BCUT2D eigenvalue weighted by Crippen LogP contribution is -2.35. The molecule has 0 saturated carbocycles. The predicted molar refractivity (Wildman–Crippen MR) is 71.3 cm³/mol. The Kier molecular flexibility index (Phi) is 6.86. The first-order valence-electron chi connectivity index (χ1n) is 6.68. The molecule has 1 saturated heterocycles. The number of hydrogen-bond donors (Lipinski definition) is 1. The summed E-state index contributed by atoms with van der Waals surface area (Å²) >= 11 is 0. The third-order valence-corrected chi connectivity index (χ3v) is 3.10. The average Bonchev–Trinajstić information content (AvgIpc) is 2.48. The summed E-state index contributed by atoms with van der Waals surface area (Å²) < 4.78 is 43.9. The topological polar surface area (TPSA) is 83.4 Å². The van der Waals surface area contributed by atoms with Gasteiger partial charge in [0.05, 0.1) is 12.4 Å². The highest BCUT2D eigenvalue weighted by atomic mass is 19.4. The second kappa shape index (κ2) is 8.39. The van der Waals surface area contributed by atoms with Crippen molar-refractivity contribution in [1.82, 2.24) is 9.97 Å². The van der Waals surface area contributed by atoms with Crippen LogP contribution in [0.3, 0.4) is 0 Å². The first kappa shape index (κ1) is 18.8. The molecule has 1 aromatic rings. The maximum atomic E-state index is 12.7. The molecule has 2 heterocycles. The van der Waals surface area contributed by atoms with Crippen LogP contribution in [0.25, 0.3) is 0 Å². The van der Waals surface area contributed by atoms with E-state index in [1.807, 2.05) is 4.90 Å². The van der Waals surface area contributed by atoms with Crippen LogP contribution in [0.15, 0.2) is 12.4 Å². The van der Waals surface area contributed by atoms with Crippen molar-refractivity contribution in [2.75, 3.05) is 18.0 Å². The number of aromatic nitrogens is 2. The van der Waals surface area contributed by atoms with E-state index in [0.29, 0.717) is 5.95 Å². The van der Waals surface area contributed by atoms with Gasteiger partial charge in [-0.05, 0) is 18.8 Å². The molecule has 23 heavy (non-hydrogen) atoms. The summed E-state index contributed by atoms with van der Waals surface area (Å²) in [5.74, 6) is -0.458. The standard InChI is InChI=1S/C11H14FN3O2.C2HF3O/c12-9-6-13-11(14-7-9)15-3-1-8(2-4-15)5-10(16)17;3-2(4,5)1-6/h6-8H,1-5H2,(H,16,17);1H. The summed E-state index contributed by atoms with van der Waals surface area (Å²) in [5.41, 5.74) is 0. The van der Waals surface area contributed by atoms with Crippen molar-refractivity contribution in [1.29, 1.82) is 0 Å². The van der Waals surface area contributed by atoms with Crippen molar-refractivity contribution in [2.45, 2.75) is 25.4 Å². The van der Waals surface area contributed by atoms with E-state index in [9.17, 15) is 22.4 Å². The van der Waals surface area contributed by atoms with E-state index >= 15 is 0 Å². The highest BCUT2D eigenvalue weighted by Crippen LogP contribution is 2.22. The number of carbonyl (C=O) groups is 2. The maximum absolute atomic E-state index is 12.7. The molecule has 128 valence electrons. The van der Waals surface area contributed by atoms with Crippen molar-refractivity contribution >= 4 is 18.2 Å². The number of alkyl halides is 3. The molecule has 10 heteroatoms. The molecule has 1 N–H and O–H groups in total. The Morgan fingerprint density at radius 2 is 1.78 bits per heavy atom. The molecule has 0 unspecified atom stereocenters. The van der Waals surface area contributed by atoms with Crippen molar-refractivity contribution in [2.24, 2.45) is 5.92 Å². The lowest BCUT2D eigenvalue weighted by atomic mass is 9.94. The number of carboxylic acid groups (broad SMARTS) is 1. The minimum absolute atomic E-state index is 0.220. The van der Waals surface area contributed by atoms with Gasteiger partial charge in [0.1, 0.15) is 0 Å². The number of piperidine rings is 1. The molecular weight excluding hydrogens is 322 g/mol. The highest BCUT2D eigenvalue weighted by Gasteiger charge is 2.25. The van der Waals surface area contributed by atoms with Crippen LogP contribution in [0.5, 0.6) is 0 Å². The molecule has 0 bridgehead atoms. The zero-order valence-electron chi connectivity index (χ0n) is 12.0. The van der Waals surface area contributed by atoms with Crippen LogP contribution < -0.4 is 4.90 Å². The lowest BCUT2D eigenvalue weighted by molar-refractivity contribution is -0.156. The van der Waals surface area contributed by atoms with Crippen LogP contribution in [0.2, 0.25) is 0 Å². The number of carbonyl (C=O) groups excluding carboxylic acids is 1. The van der Waals surface area contributed by atoms with Gasteiger partial charge in [-0.1, -0.05) is 0 Å². The van der Waals surface area contributed by atoms with E-state index in [1.54, 1.807) is 0 Å². The van der Waals surface area contributed by atoms with Gasteiger partial charge >= 0.3 is 12.1 Å². The first-order valence-corrected chi connectivity index (χ1v) is 6.68. The van der Waals surface area contributed by atoms with Gasteiger partial charge in [-0.2, -0.15) is 13.2 Å². The van der Waals surface area contributed by atoms with Crippen LogP contribution in [-0.2, 0) is 9.59 Å². The van der Waals surface area contributed by atoms with Gasteiger partial charge in [0, 0.05) is 19.5 Å². The summed E-state index contributed by atoms with van der Waals surface area (Å²) in [6, 6.07) is 0. The molecule has 1 fully saturated rings. The molecule has 0 radical (unpaired) electrons. The molecule has 1 aromatic heterocycles.